The Morgan fingerprint density at radius 3 is 3.04 bits per heavy atom. The number of fused-ring (bicyclic) bond motifs is 4. The second-order valence-electron chi connectivity index (χ2n) is 6.21. The summed E-state index contributed by atoms with van der Waals surface area (Å²) in [6, 6.07) is 5.06. The molecule has 5 rings (SSSR count). The zero-order valence-corrected chi connectivity index (χ0v) is 14.1. The van der Waals surface area contributed by atoms with Crippen molar-refractivity contribution in [3.63, 3.8) is 0 Å². The van der Waals surface area contributed by atoms with E-state index in [0.717, 1.165) is 29.7 Å². The molecule has 0 bridgehead atoms. The predicted molar refractivity (Wildman–Crippen MR) is 92.8 cm³/mol. The van der Waals surface area contributed by atoms with E-state index in [4.69, 9.17) is 9.47 Å². The zero-order valence-electron chi connectivity index (χ0n) is 13.3. The fraction of sp³-hybridized carbons (Fsp3) is 0.278. The lowest BCUT2D eigenvalue weighted by atomic mass is 10.1. The lowest BCUT2D eigenvalue weighted by molar-refractivity contribution is 0.0970. The summed E-state index contributed by atoms with van der Waals surface area (Å²) in [4.78, 5) is 31.9. The number of aromatic nitrogens is 2. The van der Waals surface area contributed by atoms with Gasteiger partial charge in [-0.1, -0.05) is 0 Å². The van der Waals surface area contributed by atoms with Gasteiger partial charge in [0.25, 0.3) is 5.56 Å². The van der Waals surface area contributed by atoms with Crippen molar-refractivity contribution >= 4 is 27.3 Å². The molecule has 0 saturated heterocycles. The summed E-state index contributed by atoms with van der Waals surface area (Å²) < 4.78 is 12.0. The highest BCUT2D eigenvalue weighted by Crippen LogP contribution is 2.34. The maximum absolute atomic E-state index is 12.8. The number of aryl methyl sites for hydroxylation is 2. The predicted octanol–water partition coefficient (Wildman–Crippen LogP) is 2.56. The van der Waals surface area contributed by atoms with Crippen molar-refractivity contribution in [3.05, 3.63) is 50.9 Å². The van der Waals surface area contributed by atoms with Crippen LogP contribution < -0.4 is 15.0 Å². The molecular weight excluding hydrogens is 340 g/mol. The molecule has 1 aliphatic heterocycles. The maximum Gasteiger partial charge on any atom is 0.262 e. The number of carbonyl (C=O) groups excluding carboxylic acids is 1. The third kappa shape index (κ3) is 2.26. The van der Waals surface area contributed by atoms with Crippen molar-refractivity contribution in [2.24, 2.45) is 0 Å². The number of ether oxygens (including phenoxy) is 2. The highest BCUT2D eigenvalue weighted by atomic mass is 32.1. The van der Waals surface area contributed by atoms with Crippen molar-refractivity contribution in [1.29, 1.82) is 0 Å². The smallest absolute Gasteiger partial charge is 0.262 e. The van der Waals surface area contributed by atoms with Crippen LogP contribution in [0.4, 0.5) is 0 Å². The number of Topliss-reactive ketones (excluding diaryl/α,β-unsaturated/α-hetero) is 1. The van der Waals surface area contributed by atoms with Gasteiger partial charge >= 0.3 is 0 Å². The van der Waals surface area contributed by atoms with Crippen LogP contribution in [0.3, 0.4) is 0 Å². The van der Waals surface area contributed by atoms with Gasteiger partial charge < -0.3 is 9.47 Å². The Kier molecular flexibility index (Phi) is 3.18. The summed E-state index contributed by atoms with van der Waals surface area (Å²) in [6.45, 7) is 0.127. The first kappa shape index (κ1) is 14.7. The third-order valence-electron chi connectivity index (χ3n) is 4.70. The van der Waals surface area contributed by atoms with E-state index in [1.807, 2.05) is 0 Å². The molecule has 0 spiro atoms. The van der Waals surface area contributed by atoms with Gasteiger partial charge in [-0.25, -0.2) is 4.98 Å². The van der Waals surface area contributed by atoms with Crippen molar-refractivity contribution in [2.75, 3.05) is 6.79 Å². The molecule has 7 heteroatoms. The van der Waals surface area contributed by atoms with Crippen molar-refractivity contribution in [2.45, 2.75) is 25.8 Å². The van der Waals surface area contributed by atoms with Crippen LogP contribution in [0, 0.1) is 0 Å². The summed E-state index contributed by atoms with van der Waals surface area (Å²) >= 11 is 1.60. The number of ketones is 1. The van der Waals surface area contributed by atoms with Gasteiger partial charge in [0.05, 0.1) is 18.3 Å². The number of carbonyl (C=O) groups is 1. The molecule has 1 aliphatic carbocycles. The van der Waals surface area contributed by atoms with Crippen molar-refractivity contribution in [1.82, 2.24) is 9.55 Å². The van der Waals surface area contributed by atoms with Crippen LogP contribution in [0.25, 0.3) is 10.2 Å². The summed E-state index contributed by atoms with van der Waals surface area (Å²) in [6.07, 6.45) is 4.50. The Labute approximate surface area is 146 Å². The number of hydrogen-bond donors (Lipinski definition) is 0. The van der Waals surface area contributed by atoms with Gasteiger partial charge in [0.15, 0.2) is 17.3 Å². The maximum atomic E-state index is 12.8. The van der Waals surface area contributed by atoms with E-state index in [-0.39, 0.29) is 24.7 Å². The molecule has 0 unspecified atom stereocenters. The Bertz CT molecular complexity index is 1080. The minimum atomic E-state index is -0.159. The minimum absolute atomic E-state index is 0.0357. The topological polar surface area (TPSA) is 70.4 Å². The number of rotatable bonds is 3. The Hall–Kier alpha value is -2.67. The normalized spacial score (nSPS) is 14.9. The van der Waals surface area contributed by atoms with E-state index in [1.54, 1.807) is 29.5 Å². The van der Waals surface area contributed by atoms with Gasteiger partial charge in [-0.3, -0.25) is 14.2 Å². The standard InChI is InChI=1S/C18H14N2O4S/c21-12(10-4-5-13-14(6-10)24-9-23-13)7-20-8-19-17-16(18(20)22)11-2-1-3-15(11)25-17/h4-6,8H,1-3,7,9H2. The lowest BCUT2D eigenvalue weighted by Crippen LogP contribution is -2.24. The van der Waals surface area contributed by atoms with Crippen LogP contribution >= 0.6 is 11.3 Å². The second-order valence-corrected chi connectivity index (χ2v) is 7.29. The molecule has 2 aliphatic rings. The quantitative estimate of drug-likeness (QED) is 0.676. The average Bonchev–Trinajstić information content (AvgIpc) is 3.31. The van der Waals surface area contributed by atoms with Gasteiger partial charge in [-0.05, 0) is 43.0 Å². The molecule has 0 fully saturated rings. The van der Waals surface area contributed by atoms with Crippen LogP contribution in [-0.2, 0) is 19.4 Å². The fourth-order valence-electron chi connectivity index (χ4n) is 3.45. The number of benzene rings is 1. The van der Waals surface area contributed by atoms with Crippen LogP contribution in [0.5, 0.6) is 11.5 Å². The lowest BCUT2D eigenvalue weighted by Gasteiger charge is -2.06. The van der Waals surface area contributed by atoms with Crippen molar-refractivity contribution in [3.8, 4) is 11.5 Å². The van der Waals surface area contributed by atoms with Gasteiger partial charge in [-0.15, -0.1) is 11.3 Å². The van der Waals surface area contributed by atoms with Crippen LogP contribution in [0.1, 0.15) is 27.2 Å². The summed E-state index contributed by atoms with van der Waals surface area (Å²) in [7, 11) is 0. The molecule has 126 valence electrons. The van der Waals surface area contributed by atoms with Crippen LogP contribution in [0.15, 0.2) is 29.3 Å². The first-order valence-corrected chi connectivity index (χ1v) is 8.95. The van der Waals surface area contributed by atoms with E-state index in [0.29, 0.717) is 22.4 Å². The molecule has 1 aromatic carbocycles. The fourth-order valence-corrected chi connectivity index (χ4v) is 4.67. The number of hydrogen-bond acceptors (Lipinski definition) is 6. The van der Waals surface area contributed by atoms with Gasteiger partial charge in [-0.2, -0.15) is 0 Å². The van der Waals surface area contributed by atoms with E-state index >= 15 is 0 Å². The molecule has 0 radical (unpaired) electrons. The highest BCUT2D eigenvalue weighted by molar-refractivity contribution is 7.18. The van der Waals surface area contributed by atoms with E-state index < -0.39 is 0 Å². The molecule has 3 aromatic rings. The molecular formula is C18H14N2O4S. The largest absolute Gasteiger partial charge is 0.454 e. The molecule has 25 heavy (non-hydrogen) atoms. The number of nitrogens with zero attached hydrogens (tertiary/aromatic N) is 2. The number of thiophene rings is 1. The Morgan fingerprint density at radius 2 is 2.12 bits per heavy atom. The van der Waals surface area contributed by atoms with Gasteiger partial charge in [0.2, 0.25) is 6.79 Å². The molecule has 0 amide bonds. The SMILES string of the molecule is O=C(Cn1cnc2sc3c(c2c1=O)CCC3)c1ccc2c(c1)OCO2. The summed E-state index contributed by atoms with van der Waals surface area (Å²) in [5, 5.41) is 0.693. The zero-order chi connectivity index (χ0) is 17.0. The molecule has 6 nitrogen and oxygen atoms in total. The van der Waals surface area contributed by atoms with E-state index in [1.165, 1.54) is 15.8 Å². The van der Waals surface area contributed by atoms with E-state index in [2.05, 4.69) is 4.98 Å². The first-order chi connectivity index (χ1) is 12.2. The molecule has 0 saturated carbocycles. The Balaban J connectivity index is 1.50. The molecule has 0 N–H and O–H groups in total. The molecule has 0 atom stereocenters. The monoisotopic (exact) mass is 354 g/mol. The highest BCUT2D eigenvalue weighted by Gasteiger charge is 2.22. The van der Waals surface area contributed by atoms with E-state index in [9.17, 15) is 9.59 Å². The summed E-state index contributed by atoms with van der Waals surface area (Å²) in [5.74, 6) is 1.03. The van der Waals surface area contributed by atoms with Gasteiger partial charge in [0.1, 0.15) is 4.83 Å². The minimum Gasteiger partial charge on any atom is -0.454 e. The molecule has 2 aromatic heterocycles. The first-order valence-electron chi connectivity index (χ1n) is 8.13. The van der Waals surface area contributed by atoms with Crippen LogP contribution in [-0.4, -0.2) is 22.1 Å². The van der Waals surface area contributed by atoms with Crippen LogP contribution in [0.2, 0.25) is 0 Å². The second kappa shape index (κ2) is 5.42. The Morgan fingerprint density at radius 1 is 1.24 bits per heavy atom. The third-order valence-corrected chi connectivity index (χ3v) is 5.90. The molecule has 3 heterocycles. The van der Waals surface area contributed by atoms with Gasteiger partial charge in [0, 0.05) is 10.4 Å². The summed E-state index contributed by atoms with van der Waals surface area (Å²) in [5.41, 5.74) is 1.49. The van der Waals surface area contributed by atoms with Crippen molar-refractivity contribution < 1.29 is 14.3 Å². The average molecular weight is 354 g/mol.